The average Bonchev–Trinajstić information content (AvgIpc) is 3.10. The summed E-state index contributed by atoms with van der Waals surface area (Å²) in [5.74, 6) is 1.05. The van der Waals surface area contributed by atoms with Gasteiger partial charge in [-0.1, -0.05) is 37.1 Å². The molecule has 1 heteroatoms. The first-order valence-electron chi connectivity index (χ1n) is 6.51. The quantitative estimate of drug-likeness (QED) is 0.771. The molecule has 0 aliphatic heterocycles. The second kappa shape index (κ2) is 5.49. The van der Waals surface area contributed by atoms with Crippen molar-refractivity contribution in [3.63, 3.8) is 0 Å². The van der Waals surface area contributed by atoms with Gasteiger partial charge in [0.1, 0.15) is 0 Å². The predicted molar refractivity (Wildman–Crippen MR) is 69.7 cm³/mol. The minimum absolute atomic E-state index is 0.654. The van der Waals surface area contributed by atoms with Gasteiger partial charge in [0.25, 0.3) is 0 Å². The summed E-state index contributed by atoms with van der Waals surface area (Å²) in [6.45, 7) is 2.21. The molecule has 2 rings (SSSR count). The zero-order valence-electron chi connectivity index (χ0n) is 10.5. The molecule has 16 heavy (non-hydrogen) atoms. The molecule has 1 saturated carbocycles. The maximum Gasteiger partial charge on any atom is 0.0105 e. The summed E-state index contributed by atoms with van der Waals surface area (Å²) in [5, 5.41) is 3.46. The standard InChI is InChI=1S/C15H23N/c1-12-5-3-4-6-14(12)11-15(16-2)10-9-13-7-8-13/h3-6,13,15-16H,7-11H2,1-2H3. The van der Waals surface area contributed by atoms with E-state index >= 15 is 0 Å². The monoisotopic (exact) mass is 217 g/mol. The van der Waals surface area contributed by atoms with E-state index < -0.39 is 0 Å². The fourth-order valence-corrected chi connectivity index (χ4v) is 2.30. The molecule has 0 aromatic heterocycles. The van der Waals surface area contributed by atoms with E-state index in [0.717, 1.165) is 5.92 Å². The lowest BCUT2D eigenvalue weighted by molar-refractivity contribution is 0.484. The third-order valence-corrected chi connectivity index (χ3v) is 3.76. The van der Waals surface area contributed by atoms with Crippen molar-refractivity contribution in [3.8, 4) is 0 Å². The third-order valence-electron chi connectivity index (χ3n) is 3.76. The molecular formula is C15H23N. The number of likely N-dealkylation sites (N-methyl/N-ethyl adjacent to an activating group) is 1. The van der Waals surface area contributed by atoms with Crippen LogP contribution < -0.4 is 5.32 Å². The maximum absolute atomic E-state index is 3.46. The van der Waals surface area contributed by atoms with Crippen LogP contribution in [0.25, 0.3) is 0 Å². The van der Waals surface area contributed by atoms with Crippen molar-refractivity contribution in [2.24, 2.45) is 5.92 Å². The summed E-state index contributed by atoms with van der Waals surface area (Å²) in [4.78, 5) is 0. The second-order valence-corrected chi connectivity index (χ2v) is 5.14. The summed E-state index contributed by atoms with van der Waals surface area (Å²) in [7, 11) is 2.09. The van der Waals surface area contributed by atoms with Gasteiger partial charge in [0, 0.05) is 6.04 Å². The van der Waals surface area contributed by atoms with Gasteiger partial charge in [0.2, 0.25) is 0 Å². The molecule has 1 unspecified atom stereocenters. The van der Waals surface area contributed by atoms with Crippen LogP contribution in [-0.4, -0.2) is 13.1 Å². The van der Waals surface area contributed by atoms with Crippen molar-refractivity contribution >= 4 is 0 Å². The number of hydrogen-bond acceptors (Lipinski definition) is 1. The topological polar surface area (TPSA) is 12.0 Å². The number of benzene rings is 1. The highest BCUT2D eigenvalue weighted by molar-refractivity contribution is 5.26. The van der Waals surface area contributed by atoms with Crippen molar-refractivity contribution < 1.29 is 0 Å². The van der Waals surface area contributed by atoms with Gasteiger partial charge in [-0.05, 0) is 50.3 Å². The molecule has 1 aliphatic carbocycles. The molecule has 1 fully saturated rings. The maximum atomic E-state index is 3.46. The Labute approximate surface area is 99.3 Å². The highest BCUT2D eigenvalue weighted by Crippen LogP contribution is 2.34. The van der Waals surface area contributed by atoms with E-state index in [2.05, 4.69) is 43.6 Å². The van der Waals surface area contributed by atoms with Crippen molar-refractivity contribution in [3.05, 3.63) is 35.4 Å². The molecule has 0 spiro atoms. The van der Waals surface area contributed by atoms with E-state index in [1.807, 2.05) is 0 Å². The lowest BCUT2D eigenvalue weighted by Gasteiger charge is -2.17. The molecule has 1 atom stereocenters. The van der Waals surface area contributed by atoms with Crippen LogP contribution in [0.4, 0.5) is 0 Å². The van der Waals surface area contributed by atoms with E-state index in [1.165, 1.54) is 43.2 Å². The highest BCUT2D eigenvalue weighted by Gasteiger charge is 2.22. The van der Waals surface area contributed by atoms with Gasteiger partial charge in [-0.3, -0.25) is 0 Å². The first-order valence-corrected chi connectivity index (χ1v) is 6.51. The number of nitrogens with one attached hydrogen (secondary N) is 1. The Morgan fingerprint density at radius 3 is 2.69 bits per heavy atom. The van der Waals surface area contributed by atoms with E-state index in [1.54, 1.807) is 0 Å². The van der Waals surface area contributed by atoms with Crippen molar-refractivity contribution in [2.45, 2.75) is 45.1 Å². The molecule has 1 aliphatic rings. The van der Waals surface area contributed by atoms with E-state index in [0.29, 0.717) is 6.04 Å². The molecule has 1 aromatic rings. The van der Waals surface area contributed by atoms with Gasteiger partial charge in [0.05, 0.1) is 0 Å². The van der Waals surface area contributed by atoms with Crippen molar-refractivity contribution in [2.75, 3.05) is 7.05 Å². The normalized spacial score (nSPS) is 17.4. The Kier molecular flexibility index (Phi) is 4.00. The molecule has 0 amide bonds. The van der Waals surface area contributed by atoms with E-state index in [4.69, 9.17) is 0 Å². The third kappa shape index (κ3) is 3.34. The minimum atomic E-state index is 0.654. The smallest absolute Gasteiger partial charge is 0.0105 e. The van der Waals surface area contributed by atoms with Crippen LogP contribution >= 0.6 is 0 Å². The lowest BCUT2D eigenvalue weighted by atomic mass is 9.97. The van der Waals surface area contributed by atoms with Gasteiger partial charge in [-0.25, -0.2) is 0 Å². The van der Waals surface area contributed by atoms with Gasteiger partial charge >= 0.3 is 0 Å². The summed E-state index contributed by atoms with van der Waals surface area (Å²) in [6, 6.07) is 9.40. The zero-order valence-corrected chi connectivity index (χ0v) is 10.5. The minimum Gasteiger partial charge on any atom is -0.317 e. The van der Waals surface area contributed by atoms with Crippen molar-refractivity contribution in [1.82, 2.24) is 5.32 Å². The van der Waals surface area contributed by atoms with Gasteiger partial charge in [-0.2, -0.15) is 0 Å². The molecule has 1 N–H and O–H groups in total. The molecule has 0 saturated heterocycles. The number of aryl methyl sites for hydroxylation is 1. The summed E-state index contributed by atoms with van der Waals surface area (Å²) < 4.78 is 0. The van der Waals surface area contributed by atoms with Crippen LogP contribution in [0.5, 0.6) is 0 Å². The molecule has 0 heterocycles. The van der Waals surface area contributed by atoms with Gasteiger partial charge in [-0.15, -0.1) is 0 Å². The molecule has 1 nitrogen and oxygen atoms in total. The van der Waals surface area contributed by atoms with Gasteiger partial charge in [0.15, 0.2) is 0 Å². The van der Waals surface area contributed by atoms with Crippen LogP contribution in [0.15, 0.2) is 24.3 Å². The Morgan fingerprint density at radius 2 is 2.06 bits per heavy atom. The van der Waals surface area contributed by atoms with Crippen LogP contribution in [0.1, 0.15) is 36.8 Å². The predicted octanol–water partition coefficient (Wildman–Crippen LogP) is 3.32. The Bertz CT molecular complexity index is 328. The average molecular weight is 217 g/mol. The largest absolute Gasteiger partial charge is 0.317 e. The SMILES string of the molecule is CNC(CCC1CC1)Cc1ccccc1C. The summed E-state index contributed by atoms with van der Waals surface area (Å²) in [5.41, 5.74) is 2.92. The van der Waals surface area contributed by atoms with E-state index in [-0.39, 0.29) is 0 Å². The number of hydrogen-bond donors (Lipinski definition) is 1. The zero-order chi connectivity index (χ0) is 11.4. The van der Waals surface area contributed by atoms with Crippen molar-refractivity contribution in [1.29, 1.82) is 0 Å². The molecule has 0 bridgehead atoms. The molecule has 1 aromatic carbocycles. The van der Waals surface area contributed by atoms with Crippen LogP contribution in [0.2, 0.25) is 0 Å². The Hall–Kier alpha value is -0.820. The molecular weight excluding hydrogens is 194 g/mol. The first kappa shape index (κ1) is 11.7. The number of rotatable bonds is 6. The summed E-state index contributed by atoms with van der Waals surface area (Å²) in [6.07, 6.45) is 6.87. The van der Waals surface area contributed by atoms with E-state index in [9.17, 15) is 0 Å². The van der Waals surface area contributed by atoms with Crippen LogP contribution in [0, 0.1) is 12.8 Å². The first-order chi connectivity index (χ1) is 7.79. The second-order valence-electron chi connectivity index (χ2n) is 5.14. The Balaban J connectivity index is 1.87. The molecule has 88 valence electrons. The van der Waals surface area contributed by atoms with Crippen LogP contribution in [0.3, 0.4) is 0 Å². The fraction of sp³-hybridized carbons (Fsp3) is 0.600. The summed E-state index contributed by atoms with van der Waals surface area (Å²) >= 11 is 0. The van der Waals surface area contributed by atoms with Crippen LogP contribution in [-0.2, 0) is 6.42 Å². The highest BCUT2D eigenvalue weighted by atomic mass is 14.9. The fourth-order valence-electron chi connectivity index (χ4n) is 2.30. The lowest BCUT2D eigenvalue weighted by Crippen LogP contribution is -2.27. The Morgan fingerprint density at radius 1 is 1.31 bits per heavy atom. The molecule has 0 radical (unpaired) electrons. The van der Waals surface area contributed by atoms with Gasteiger partial charge < -0.3 is 5.32 Å².